The first-order chi connectivity index (χ1) is 14.3. The van der Waals surface area contributed by atoms with Gasteiger partial charge in [0.25, 0.3) is 0 Å². The summed E-state index contributed by atoms with van der Waals surface area (Å²) in [7, 11) is 0. The van der Waals surface area contributed by atoms with Gasteiger partial charge in [0, 0.05) is 24.6 Å². The summed E-state index contributed by atoms with van der Waals surface area (Å²) in [5.74, 6) is -0.758. The number of amides is 2. The number of carbonyl (C=O) groups excluding carboxylic acids is 2. The van der Waals surface area contributed by atoms with Crippen LogP contribution in [0.2, 0.25) is 0 Å². The average Bonchev–Trinajstić information content (AvgIpc) is 2.76. The fraction of sp³-hybridized carbons (Fsp3) is 0.440. The first-order valence-electron chi connectivity index (χ1n) is 10.8. The van der Waals surface area contributed by atoms with Crippen LogP contribution in [0.25, 0.3) is 0 Å². The number of rotatable bonds is 10. The largest absolute Gasteiger partial charge is 0.352 e. The molecule has 2 aromatic rings. The molecule has 0 aliphatic heterocycles. The Labute approximate surface area is 179 Å². The van der Waals surface area contributed by atoms with Gasteiger partial charge in [0.15, 0.2) is 0 Å². The van der Waals surface area contributed by atoms with Crippen LogP contribution in [0.1, 0.15) is 57.2 Å². The van der Waals surface area contributed by atoms with Gasteiger partial charge < -0.3 is 10.2 Å². The van der Waals surface area contributed by atoms with Gasteiger partial charge in [-0.15, -0.1) is 0 Å². The number of nitrogens with one attached hydrogen (secondary N) is 1. The Morgan fingerprint density at radius 1 is 1.00 bits per heavy atom. The Hall–Kier alpha value is -2.69. The molecule has 30 heavy (non-hydrogen) atoms. The topological polar surface area (TPSA) is 49.4 Å². The Morgan fingerprint density at radius 3 is 2.23 bits per heavy atom. The molecular formula is C25H33FN2O2. The molecular weight excluding hydrogens is 379 g/mol. The maximum absolute atomic E-state index is 14.2. The van der Waals surface area contributed by atoms with Gasteiger partial charge in [-0.25, -0.2) is 4.39 Å². The van der Waals surface area contributed by atoms with E-state index < -0.39 is 6.04 Å². The highest BCUT2D eigenvalue weighted by Gasteiger charge is 2.27. The third-order valence-electron chi connectivity index (χ3n) is 5.53. The minimum absolute atomic E-state index is 0.0162. The van der Waals surface area contributed by atoms with Gasteiger partial charge in [-0.1, -0.05) is 56.3 Å². The molecule has 4 nitrogen and oxygen atoms in total. The van der Waals surface area contributed by atoms with E-state index in [1.165, 1.54) is 16.5 Å². The first-order valence-corrected chi connectivity index (χ1v) is 10.8. The number of benzene rings is 2. The van der Waals surface area contributed by atoms with Gasteiger partial charge in [-0.3, -0.25) is 9.59 Å². The van der Waals surface area contributed by atoms with Crippen LogP contribution >= 0.6 is 0 Å². The summed E-state index contributed by atoms with van der Waals surface area (Å²) in [5.41, 5.74) is 2.73. The molecule has 5 heteroatoms. The molecule has 0 aliphatic carbocycles. The fourth-order valence-electron chi connectivity index (χ4n) is 3.19. The zero-order valence-electron chi connectivity index (χ0n) is 18.5. The Morgan fingerprint density at radius 2 is 1.63 bits per heavy atom. The lowest BCUT2D eigenvalue weighted by Crippen LogP contribution is -2.49. The number of halogens is 1. The third kappa shape index (κ3) is 6.68. The fourth-order valence-corrected chi connectivity index (χ4v) is 3.19. The van der Waals surface area contributed by atoms with Crippen LogP contribution < -0.4 is 5.32 Å². The van der Waals surface area contributed by atoms with Gasteiger partial charge in [0.1, 0.15) is 11.9 Å². The zero-order chi connectivity index (χ0) is 22.1. The number of carbonyl (C=O) groups is 2. The molecule has 0 fully saturated rings. The summed E-state index contributed by atoms with van der Waals surface area (Å²) in [5, 5.41) is 2.92. The van der Waals surface area contributed by atoms with Crippen molar-refractivity contribution in [1.82, 2.24) is 10.2 Å². The molecule has 2 amide bonds. The summed E-state index contributed by atoms with van der Waals surface area (Å²) >= 11 is 0. The predicted octanol–water partition coefficient (Wildman–Crippen LogP) is 4.65. The van der Waals surface area contributed by atoms with Crippen LogP contribution in [0.5, 0.6) is 0 Å². The van der Waals surface area contributed by atoms with Crippen molar-refractivity contribution in [2.45, 2.75) is 72.0 Å². The molecule has 2 aromatic carbocycles. The van der Waals surface area contributed by atoms with E-state index in [-0.39, 0.29) is 36.6 Å². The van der Waals surface area contributed by atoms with E-state index in [2.05, 4.69) is 24.4 Å². The van der Waals surface area contributed by atoms with E-state index in [0.717, 1.165) is 18.4 Å². The molecule has 0 aromatic heterocycles. The molecule has 1 N–H and O–H groups in total. The normalized spacial score (nSPS) is 12.8. The Balaban J connectivity index is 2.14. The average molecular weight is 413 g/mol. The standard InChI is InChI=1S/C25H33FN2O2/c1-5-18(3)27-25(30)19(4)28(17-22-9-7-8-10-23(22)26)24(29)16-15-21-13-11-20(6-2)12-14-21/h7-14,18-19H,5-6,15-17H2,1-4H3,(H,27,30). The molecule has 0 saturated carbocycles. The van der Waals surface area contributed by atoms with E-state index in [9.17, 15) is 14.0 Å². The highest BCUT2D eigenvalue weighted by atomic mass is 19.1. The predicted molar refractivity (Wildman–Crippen MR) is 118 cm³/mol. The van der Waals surface area contributed by atoms with Crippen LogP contribution in [0, 0.1) is 5.82 Å². The van der Waals surface area contributed by atoms with E-state index in [1.807, 2.05) is 26.0 Å². The summed E-state index contributed by atoms with van der Waals surface area (Å²) in [6.07, 6.45) is 2.61. The lowest BCUT2D eigenvalue weighted by Gasteiger charge is -2.30. The first kappa shape index (κ1) is 23.6. The van der Waals surface area contributed by atoms with Crippen LogP contribution in [-0.2, 0) is 29.0 Å². The molecule has 2 unspecified atom stereocenters. The van der Waals surface area contributed by atoms with Crippen LogP contribution in [0.3, 0.4) is 0 Å². The summed E-state index contributed by atoms with van der Waals surface area (Å²) in [6, 6.07) is 13.9. The zero-order valence-corrected chi connectivity index (χ0v) is 18.5. The summed E-state index contributed by atoms with van der Waals surface area (Å²) < 4.78 is 14.2. The van der Waals surface area contributed by atoms with Crippen molar-refractivity contribution in [3.05, 3.63) is 71.0 Å². The molecule has 0 saturated heterocycles. The summed E-state index contributed by atoms with van der Waals surface area (Å²) in [4.78, 5) is 27.2. The van der Waals surface area contributed by atoms with Crippen LogP contribution in [0.15, 0.2) is 48.5 Å². The highest BCUT2D eigenvalue weighted by molar-refractivity contribution is 5.87. The Kier molecular flexibility index (Phi) is 9.03. The van der Waals surface area contributed by atoms with Gasteiger partial charge >= 0.3 is 0 Å². The smallest absolute Gasteiger partial charge is 0.242 e. The molecule has 0 radical (unpaired) electrons. The monoisotopic (exact) mass is 412 g/mol. The van der Waals surface area contributed by atoms with Crippen LogP contribution in [0.4, 0.5) is 4.39 Å². The van der Waals surface area contributed by atoms with Crippen molar-refractivity contribution in [1.29, 1.82) is 0 Å². The third-order valence-corrected chi connectivity index (χ3v) is 5.53. The van der Waals surface area contributed by atoms with E-state index in [4.69, 9.17) is 0 Å². The number of nitrogens with zero attached hydrogens (tertiary/aromatic N) is 1. The molecule has 0 spiro atoms. The lowest BCUT2D eigenvalue weighted by atomic mass is 10.0. The Bertz CT molecular complexity index is 835. The van der Waals surface area contributed by atoms with Crippen molar-refractivity contribution in [2.24, 2.45) is 0 Å². The molecule has 162 valence electrons. The second-order valence-electron chi connectivity index (χ2n) is 7.78. The second kappa shape index (κ2) is 11.5. The second-order valence-corrected chi connectivity index (χ2v) is 7.78. The van der Waals surface area contributed by atoms with Crippen molar-refractivity contribution in [3.63, 3.8) is 0 Å². The van der Waals surface area contributed by atoms with Crippen molar-refractivity contribution >= 4 is 11.8 Å². The quantitative estimate of drug-likeness (QED) is 0.617. The number of hydrogen-bond acceptors (Lipinski definition) is 2. The SMILES string of the molecule is CCc1ccc(CCC(=O)N(Cc2ccccc2F)C(C)C(=O)NC(C)CC)cc1. The number of hydrogen-bond donors (Lipinski definition) is 1. The van der Waals surface area contributed by atoms with Gasteiger partial charge in [-0.05, 0) is 50.3 Å². The van der Waals surface area contributed by atoms with Crippen molar-refractivity contribution in [2.75, 3.05) is 0 Å². The van der Waals surface area contributed by atoms with Gasteiger partial charge in [0.2, 0.25) is 11.8 Å². The molecule has 2 atom stereocenters. The van der Waals surface area contributed by atoms with E-state index in [1.54, 1.807) is 25.1 Å². The maximum atomic E-state index is 14.2. The van der Waals surface area contributed by atoms with E-state index in [0.29, 0.717) is 12.0 Å². The van der Waals surface area contributed by atoms with Crippen molar-refractivity contribution < 1.29 is 14.0 Å². The van der Waals surface area contributed by atoms with Crippen molar-refractivity contribution in [3.8, 4) is 0 Å². The maximum Gasteiger partial charge on any atom is 0.242 e. The molecule has 2 rings (SSSR count). The lowest BCUT2D eigenvalue weighted by molar-refractivity contribution is -0.140. The van der Waals surface area contributed by atoms with Crippen LogP contribution in [-0.4, -0.2) is 28.8 Å². The minimum atomic E-state index is -0.687. The molecule has 0 bridgehead atoms. The van der Waals surface area contributed by atoms with E-state index >= 15 is 0 Å². The highest BCUT2D eigenvalue weighted by Crippen LogP contribution is 2.16. The van der Waals surface area contributed by atoms with Gasteiger partial charge in [-0.2, -0.15) is 0 Å². The molecule has 0 aliphatic rings. The number of aryl methyl sites for hydroxylation is 2. The van der Waals surface area contributed by atoms with Gasteiger partial charge in [0.05, 0.1) is 0 Å². The summed E-state index contributed by atoms with van der Waals surface area (Å²) in [6.45, 7) is 7.78. The molecule has 0 heterocycles. The minimum Gasteiger partial charge on any atom is -0.352 e.